The molecule has 110 valence electrons. The molecule has 5 heteroatoms. The highest BCUT2D eigenvalue weighted by Gasteiger charge is 2.38. The number of hydrogen-bond donors (Lipinski definition) is 1. The number of aromatic carboxylic acids is 1. The van der Waals surface area contributed by atoms with E-state index in [1.54, 1.807) is 6.07 Å². The number of nitrogens with zero attached hydrogens (tertiary/aromatic N) is 2. The average Bonchev–Trinajstić information content (AvgIpc) is 2.24. The third kappa shape index (κ3) is 3.55. The number of carboxylic acid groups (broad SMARTS) is 1. The van der Waals surface area contributed by atoms with Gasteiger partial charge in [0.1, 0.15) is 0 Å². The summed E-state index contributed by atoms with van der Waals surface area (Å²) in [6.07, 6.45) is 1.51. The lowest BCUT2D eigenvalue weighted by atomic mass is 9.98. The summed E-state index contributed by atoms with van der Waals surface area (Å²) in [4.78, 5) is 17.4. The van der Waals surface area contributed by atoms with Crippen molar-refractivity contribution in [2.75, 3.05) is 13.1 Å². The van der Waals surface area contributed by atoms with Gasteiger partial charge in [-0.1, -0.05) is 6.07 Å². The maximum atomic E-state index is 11.2. The fraction of sp³-hybridized carbons (Fsp3) is 0.600. The molecule has 0 atom stereocenters. The summed E-state index contributed by atoms with van der Waals surface area (Å²) >= 11 is 0. The van der Waals surface area contributed by atoms with Gasteiger partial charge in [0, 0.05) is 25.8 Å². The third-order valence-electron chi connectivity index (χ3n) is 3.25. The number of aromatic nitrogens is 1. The molecule has 0 amide bonds. The maximum Gasteiger partial charge on any atom is 0.354 e. The Kier molecular flexibility index (Phi) is 3.84. The summed E-state index contributed by atoms with van der Waals surface area (Å²) in [6.45, 7) is 10.3. The van der Waals surface area contributed by atoms with E-state index in [-0.39, 0.29) is 16.9 Å². The average molecular weight is 278 g/mol. The molecule has 1 saturated heterocycles. The molecule has 5 nitrogen and oxygen atoms in total. The maximum absolute atomic E-state index is 11.2. The number of morpholine rings is 1. The number of rotatable bonds is 3. The summed E-state index contributed by atoms with van der Waals surface area (Å²) in [5.74, 6) is -0.979. The zero-order chi connectivity index (χ0) is 15.0. The van der Waals surface area contributed by atoms with E-state index in [1.807, 2.05) is 6.07 Å². The monoisotopic (exact) mass is 278 g/mol. The Balaban J connectivity index is 2.20. The Labute approximate surface area is 119 Å². The van der Waals surface area contributed by atoms with Crippen molar-refractivity contribution < 1.29 is 14.6 Å². The van der Waals surface area contributed by atoms with Gasteiger partial charge in [-0.15, -0.1) is 0 Å². The van der Waals surface area contributed by atoms with Gasteiger partial charge in [0.2, 0.25) is 0 Å². The van der Waals surface area contributed by atoms with Crippen LogP contribution in [0.4, 0.5) is 0 Å². The molecule has 1 N–H and O–H groups in total. The number of pyridine rings is 1. The van der Waals surface area contributed by atoms with Crippen LogP contribution in [-0.2, 0) is 11.3 Å². The van der Waals surface area contributed by atoms with Crippen LogP contribution in [0.15, 0.2) is 18.3 Å². The van der Waals surface area contributed by atoms with Crippen LogP contribution in [0.1, 0.15) is 43.7 Å². The zero-order valence-corrected chi connectivity index (χ0v) is 12.5. The molecule has 0 saturated carbocycles. The minimum absolute atomic E-state index is 0.134. The second-order valence-corrected chi connectivity index (χ2v) is 6.58. The van der Waals surface area contributed by atoms with Gasteiger partial charge in [-0.05, 0) is 39.3 Å². The van der Waals surface area contributed by atoms with Crippen molar-refractivity contribution in [1.82, 2.24) is 9.88 Å². The van der Waals surface area contributed by atoms with Crippen LogP contribution >= 0.6 is 0 Å². The molecule has 1 aromatic heterocycles. The van der Waals surface area contributed by atoms with Crippen molar-refractivity contribution in [3.63, 3.8) is 0 Å². The normalized spacial score (nSPS) is 21.6. The van der Waals surface area contributed by atoms with Crippen LogP contribution in [0, 0.1) is 0 Å². The van der Waals surface area contributed by atoms with Crippen molar-refractivity contribution in [1.29, 1.82) is 0 Å². The second-order valence-electron chi connectivity index (χ2n) is 6.58. The third-order valence-corrected chi connectivity index (χ3v) is 3.25. The molecule has 0 spiro atoms. The van der Waals surface area contributed by atoms with Crippen LogP contribution in [0.25, 0.3) is 0 Å². The Hall–Kier alpha value is -1.46. The first-order valence-corrected chi connectivity index (χ1v) is 6.78. The second kappa shape index (κ2) is 5.14. The molecule has 20 heavy (non-hydrogen) atoms. The molecular formula is C15H22N2O3. The Morgan fingerprint density at radius 1 is 1.35 bits per heavy atom. The summed E-state index contributed by atoms with van der Waals surface area (Å²) in [5.41, 5.74) is 0.392. The van der Waals surface area contributed by atoms with E-state index in [1.165, 1.54) is 6.20 Å². The predicted molar refractivity (Wildman–Crippen MR) is 75.7 cm³/mol. The molecule has 0 unspecified atom stereocenters. The summed E-state index contributed by atoms with van der Waals surface area (Å²) < 4.78 is 6.03. The summed E-state index contributed by atoms with van der Waals surface area (Å²) in [5, 5.41) is 9.19. The highest BCUT2D eigenvalue weighted by atomic mass is 16.5. The minimum Gasteiger partial charge on any atom is -0.477 e. The van der Waals surface area contributed by atoms with E-state index >= 15 is 0 Å². The van der Waals surface area contributed by atoms with Gasteiger partial charge in [0.25, 0.3) is 0 Å². The molecule has 1 aliphatic heterocycles. The summed E-state index contributed by atoms with van der Waals surface area (Å²) in [6, 6.07) is 3.60. The fourth-order valence-electron chi connectivity index (χ4n) is 3.06. The largest absolute Gasteiger partial charge is 0.477 e. The molecule has 0 radical (unpaired) electrons. The van der Waals surface area contributed by atoms with Crippen LogP contribution in [-0.4, -0.2) is 45.3 Å². The van der Waals surface area contributed by atoms with Crippen molar-refractivity contribution in [2.24, 2.45) is 0 Å². The van der Waals surface area contributed by atoms with E-state index in [0.29, 0.717) is 6.54 Å². The number of carboxylic acids is 1. The van der Waals surface area contributed by atoms with Gasteiger partial charge in [-0.3, -0.25) is 4.90 Å². The number of carbonyl (C=O) groups is 1. The molecule has 1 aromatic rings. The Bertz CT molecular complexity index is 496. The van der Waals surface area contributed by atoms with Gasteiger partial charge < -0.3 is 9.84 Å². The lowest BCUT2D eigenvalue weighted by Crippen LogP contribution is -2.56. The smallest absolute Gasteiger partial charge is 0.354 e. The Morgan fingerprint density at radius 3 is 2.50 bits per heavy atom. The predicted octanol–water partition coefficient (Wildman–Crippen LogP) is 2.17. The van der Waals surface area contributed by atoms with Crippen molar-refractivity contribution in [3.05, 3.63) is 29.6 Å². The summed E-state index contributed by atoms with van der Waals surface area (Å²) in [7, 11) is 0. The first-order chi connectivity index (χ1) is 9.19. The Morgan fingerprint density at radius 2 is 1.95 bits per heavy atom. The van der Waals surface area contributed by atoms with Gasteiger partial charge in [0.15, 0.2) is 5.69 Å². The molecule has 2 heterocycles. The first kappa shape index (κ1) is 14.9. The SMILES string of the molecule is CC1(C)CN(Cc2cccnc2C(=O)O)CC(C)(C)O1. The molecule has 0 bridgehead atoms. The minimum atomic E-state index is -0.979. The van der Waals surface area contributed by atoms with Crippen molar-refractivity contribution in [3.8, 4) is 0 Å². The van der Waals surface area contributed by atoms with Gasteiger partial charge >= 0.3 is 5.97 Å². The molecule has 1 aliphatic rings. The highest BCUT2D eigenvalue weighted by molar-refractivity contribution is 5.86. The number of ether oxygens (including phenoxy) is 1. The molecule has 1 fully saturated rings. The molecule has 0 aromatic carbocycles. The lowest BCUT2D eigenvalue weighted by Gasteiger charge is -2.47. The first-order valence-electron chi connectivity index (χ1n) is 6.78. The van der Waals surface area contributed by atoms with E-state index < -0.39 is 5.97 Å². The quantitative estimate of drug-likeness (QED) is 0.918. The lowest BCUT2D eigenvalue weighted by molar-refractivity contribution is -0.182. The van der Waals surface area contributed by atoms with Crippen molar-refractivity contribution in [2.45, 2.75) is 45.4 Å². The molecule has 2 rings (SSSR count). The fourth-order valence-corrected chi connectivity index (χ4v) is 3.06. The number of hydrogen-bond acceptors (Lipinski definition) is 4. The van der Waals surface area contributed by atoms with E-state index in [9.17, 15) is 9.90 Å². The topological polar surface area (TPSA) is 62.7 Å². The van der Waals surface area contributed by atoms with E-state index in [2.05, 4.69) is 37.6 Å². The van der Waals surface area contributed by atoms with Crippen LogP contribution in [0.3, 0.4) is 0 Å². The highest BCUT2D eigenvalue weighted by Crippen LogP contribution is 2.29. The van der Waals surface area contributed by atoms with Crippen LogP contribution in [0.2, 0.25) is 0 Å². The van der Waals surface area contributed by atoms with E-state index in [0.717, 1.165) is 18.7 Å². The van der Waals surface area contributed by atoms with E-state index in [4.69, 9.17) is 4.74 Å². The van der Waals surface area contributed by atoms with Crippen LogP contribution in [0.5, 0.6) is 0 Å². The molecular weight excluding hydrogens is 256 g/mol. The van der Waals surface area contributed by atoms with Gasteiger partial charge in [-0.25, -0.2) is 9.78 Å². The van der Waals surface area contributed by atoms with Crippen molar-refractivity contribution >= 4 is 5.97 Å². The standard InChI is InChI=1S/C15H22N2O3/c1-14(2)9-17(10-15(3,4)20-14)8-11-6-5-7-16-12(11)13(18)19/h5-7H,8-10H2,1-4H3,(H,18,19). The zero-order valence-electron chi connectivity index (χ0n) is 12.5. The van der Waals surface area contributed by atoms with Gasteiger partial charge in [-0.2, -0.15) is 0 Å². The van der Waals surface area contributed by atoms with Gasteiger partial charge in [0.05, 0.1) is 11.2 Å². The van der Waals surface area contributed by atoms with Crippen LogP contribution < -0.4 is 0 Å². The molecule has 0 aliphatic carbocycles.